The predicted molar refractivity (Wildman–Crippen MR) is 93.3 cm³/mol. The normalized spacial score (nSPS) is 21.9. The van der Waals surface area contributed by atoms with E-state index < -0.39 is 15.9 Å². The van der Waals surface area contributed by atoms with E-state index in [0.717, 1.165) is 34.5 Å². The fraction of sp³-hybridized carbons (Fsp3) is 0.533. The lowest BCUT2D eigenvalue weighted by Crippen LogP contribution is -2.20. The van der Waals surface area contributed by atoms with E-state index in [1.165, 1.54) is 28.5 Å². The first-order valence-corrected chi connectivity index (χ1v) is 11.4. The van der Waals surface area contributed by atoms with E-state index in [4.69, 9.17) is 4.74 Å². The van der Waals surface area contributed by atoms with Crippen molar-refractivity contribution in [1.29, 1.82) is 0 Å². The lowest BCUT2D eigenvalue weighted by Gasteiger charge is -2.10. The van der Waals surface area contributed by atoms with Gasteiger partial charge >= 0.3 is 5.97 Å². The Morgan fingerprint density at radius 3 is 3.04 bits per heavy atom. The molecule has 0 aromatic carbocycles. The highest BCUT2D eigenvalue weighted by molar-refractivity contribution is 8.00. The van der Waals surface area contributed by atoms with Gasteiger partial charge in [0.25, 0.3) is 0 Å². The number of ether oxygens (including phenoxy) is 1. The number of esters is 1. The minimum atomic E-state index is -3.04. The zero-order chi connectivity index (χ0) is 16.7. The summed E-state index contributed by atoms with van der Waals surface area (Å²) >= 11 is 3.06. The third kappa shape index (κ3) is 3.16. The topological polar surface area (TPSA) is 86.2 Å². The Hall–Kier alpha value is -1.19. The molecule has 2 aliphatic rings. The van der Waals surface area contributed by atoms with Crippen LogP contribution in [0.15, 0.2) is 11.4 Å². The molecule has 4 rings (SSSR count). The maximum absolute atomic E-state index is 12.0. The molecule has 0 saturated carbocycles. The van der Waals surface area contributed by atoms with E-state index in [1.54, 1.807) is 11.3 Å². The number of carbonyl (C=O) groups is 1. The van der Waals surface area contributed by atoms with E-state index in [9.17, 15) is 13.2 Å². The van der Waals surface area contributed by atoms with Crippen molar-refractivity contribution < 1.29 is 17.9 Å². The third-order valence-corrected chi connectivity index (χ3v) is 8.18. The Morgan fingerprint density at radius 1 is 1.38 bits per heavy atom. The van der Waals surface area contributed by atoms with E-state index in [1.807, 2.05) is 0 Å². The van der Waals surface area contributed by atoms with Crippen molar-refractivity contribution in [2.45, 2.75) is 36.8 Å². The molecule has 1 atom stereocenters. The van der Waals surface area contributed by atoms with Crippen LogP contribution in [0.1, 0.15) is 23.3 Å². The zero-order valence-electron chi connectivity index (χ0n) is 12.9. The number of rotatable bonds is 4. The Morgan fingerprint density at radius 2 is 2.25 bits per heavy atom. The average Bonchev–Trinajstić information content (AvgIpc) is 3.19. The van der Waals surface area contributed by atoms with Gasteiger partial charge in [0.2, 0.25) is 0 Å². The van der Waals surface area contributed by atoms with Crippen LogP contribution in [0.4, 0.5) is 0 Å². The second-order valence-electron chi connectivity index (χ2n) is 6.02. The van der Waals surface area contributed by atoms with Gasteiger partial charge in [0, 0.05) is 10.3 Å². The summed E-state index contributed by atoms with van der Waals surface area (Å²) in [4.78, 5) is 23.1. The number of fused-ring (bicyclic) bond motifs is 3. The predicted octanol–water partition coefficient (Wildman–Crippen LogP) is 2.00. The van der Waals surface area contributed by atoms with Gasteiger partial charge in [-0.05, 0) is 31.2 Å². The van der Waals surface area contributed by atoms with Crippen LogP contribution in [0.2, 0.25) is 0 Å². The van der Waals surface area contributed by atoms with Gasteiger partial charge in [-0.25, -0.2) is 18.4 Å². The van der Waals surface area contributed by atoms with Gasteiger partial charge in [0.1, 0.15) is 22.3 Å². The molecule has 0 N–H and O–H groups in total. The van der Waals surface area contributed by atoms with Crippen molar-refractivity contribution in [3.8, 4) is 0 Å². The number of sulfone groups is 1. The zero-order valence-corrected chi connectivity index (χ0v) is 15.3. The summed E-state index contributed by atoms with van der Waals surface area (Å²) in [6.45, 7) is 0. The first kappa shape index (κ1) is 16.3. The SMILES string of the molecule is O=C(CSc1ncnc2sc3c(c12)CCC3)O[C@H]1CCS(=O)(=O)C1. The molecule has 24 heavy (non-hydrogen) atoms. The molecular formula is C15H16N2O4S3. The summed E-state index contributed by atoms with van der Waals surface area (Å²) in [5.74, 6) is -0.209. The first-order valence-electron chi connectivity index (χ1n) is 7.80. The molecule has 1 saturated heterocycles. The summed E-state index contributed by atoms with van der Waals surface area (Å²) in [6, 6.07) is 0. The Bertz CT molecular complexity index is 907. The van der Waals surface area contributed by atoms with Crippen LogP contribution in [-0.4, -0.2) is 47.7 Å². The number of thioether (sulfide) groups is 1. The second-order valence-corrected chi connectivity index (χ2v) is 10.3. The molecule has 0 unspecified atom stereocenters. The molecule has 1 fully saturated rings. The summed E-state index contributed by atoms with van der Waals surface area (Å²) in [5, 5.41) is 1.90. The molecule has 2 aromatic rings. The number of hydrogen-bond acceptors (Lipinski definition) is 8. The standard InChI is InChI=1S/C15H16N2O4S3/c18-12(21-9-4-5-24(19,20)7-9)6-22-14-13-10-2-1-3-11(10)23-15(13)17-8-16-14/h8-9H,1-7H2/t9-/m0/s1. The van der Waals surface area contributed by atoms with E-state index in [-0.39, 0.29) is 23.2 Å². The molecule has 6 nitrogen and oxygen atoms in total. The number of hydrogen-bond donors (Lipinski definition) is 0. The molecule has 9 heteroatoms. The van der Waals surface area contributed by atoms with Crippen LogP contribution in [0.5, 0.6) is 0 Å². The highest BCUT2D eigenvalue weighted by Gasteiger charge is 2.30. The van der Waals surface area contributed by atoms with Gasteiger partial charge in [0.05, 0.1) is 17.3 Å². The number of carbonyl (C=O) groups excluding carboxylic acids is 1. The maximum Gasteiger partial charge on any atom is 0.316 e. The maximum atomic E-state index is 12.0. The third-order valence-electron chi connectivity index (χ3n) is 4.28. The largest absolute Gasteiger partial charge is 0.461 e. The summed E-state index contributed by atoms with van der Waals surface area (Å²) in [7, 11) is -3.04. The highest BCUT2D eigenvalue weighted by Crippen LogP contribution is 2.40. The molecule has 0 amide bonds. The summed E-state index contributed by atoms with van der Waals surface area (Å²) in [5.41, 5.74) is 1.33. The van der Waals surface area contributed by atoms with Crippen LogP contribution in [0.25, 0.3) is 10.2 Å². The van der Waals surface area contributed by atoms with E-state index in [2.05, 4.69) is 9.97 Å². The van der Waals surface area contributed by atoms with Gasteiger partial charge < -0.3 is 4.74 Å². The highest BCUT2D eigenvalue weighted by atomic mass is 32.2. The van der Waals surface area contributed by atoms with E-state index >= 15 is 0 Å². The Kier molecular flexibility index (Phi) is 4.26. The lowest BCUT2D eigenvalue weighted by molar-refractivity contribution is -0.144. The van der Waals surface area contributed by atoms with Crippen LogP contribution < -0.4 is 0 Å². The Balaban J connectivity index is 1.44. The number of aryl methyl sites for hydroxylation is 2. The second kappa shape index (κ2) is 6.27. The van der Waals surface area contributed by atoms with Gasteiger partial charge in [-0.2, -0.15) is 0 Å². The van der Waals surface area contributed by atoms with Gasteiger partial charge in [-0.3, -0.25) is 4.79 Å². The van der Waals surface area contributed by atoms with Crippen LogP contribution in [-0.2, 0) is 32.2 Å². The molecule has 1 aliphatic carbocycles. The van der Waals surface area contributed by atoms with Gasteiger partial charge in [-0.15, -0.1) is 11.3 Å². The molecule has 3 heterocycles. The van der Waals surface area contributed by atoms with Crippen molar-refractivity contribution in [2.24, 2.45) is 0 Å². The smallest absolute Gasteiger partial charge is 0.316 e. The fourth-order valence-electron chi connectivity index (χ4n) is 3.21. The lowest BCUT2D eigenvalue weighted by atomic mass is 10.2. The van der Waals surface area contributed by atoms with Gasteiger partial charge in [-0.1, -0.05) is 11.8 Å². The fourth-order valence-corrected chi connectivity index (χ4v) is 6.90. The van der Waals surface area contributed by atoms with Crippen LogP contribution in [0.3, 0.4) is 0 Å². The van der Waals surface area contributed by atoms with Crippen molar-refractivity contribution in [1.82, 2.24) is 9.97 Å². The van der Waals surface area contributed by atoms with Crippen LogP contribution >= 0.6 is 23.1 Å². The monoisotopic (exact) mass is 384 g/mol. The average molecular weight is 385 g/mol. The minimum absolute atomic E-state index is 0.0564. The number of thiophene rings is 1. The van der Waals surface area contributed by atoms with Crippen LogP contribution in [0, 0.1) is 0 Å². The quantitative estimate of drug-likeness (QED) is 0.453. The van der Waals surface area contributed by atoms with E-state index in [0.29, 0.717) is 6.42 Å². The van der Waals surface area contributed by atoms with Crippen molar-refractivity contribution in [2.75, 3.05) is 17.3 Å². The first-order chi connectivity index (χ1) is 11.5. The molecule has 0 spiro atoms. The molecule has 1 aliphatic heterocycles. The van der Waals surface area contributed by atoms with Gasteiger partial charge in [0.15, 0.2) is 9.84 Å². The van der Waals surface area contributed by atoms with Crippen molar-refractivity contribution >= 4 is 49.1 Å². The molecule has 2 aromatic heterocycles. The molecule has 0 radical (unpaired) electrons. The molecular weight excluding hydrogens is 368 g/mol. The van der Waals surface area contributed by atoms with Crippen molar-refractivity contribution in [3.05, 3.63) is 16.8 Å². The van der Waals surface area contributed by atoms with Crippen molar-refractivity contribution in [3.63, 3.8) is 0 Å². The number of nitrogens with zero attached hydrogens (tertiary/aromatic N) is 2. The molecule has 0 bridgehead atoms. The summed E-state index contributed by atoms with van der Waals surface area (Å²) in [6.07, 6.45) is 4.73. The minimum Gasteiger partial charge on any atom is -0.461 e. The number of aromatic nitrogens is 2. The molecule has 128 valence electrons. The Labute approximate surface area is 147 Å². The summed E-state index contributed by atoms with van der Waals surface area (Å²) < 4.78 is 28.1.